The normalized spacial score (nSPS) is 16.0. The van der Waals surface area contributed by atoms with Gasteiger partial charge in [0.15, 0.2) is 0 Å². The molecule has 2 aromatic heterocycles. The molecule has 1 amide bonds. The SMILES string of the molecule is O=C(c1cc2cccn2cn1)N(Cc1ccccc1)CC1(O)CCCC1. The first-order valence-electron chi connectivity index (χ1n) is 9.11. The van der Waals surface area contributed by atoms with Gasteiger partial charge in [0.2, 0.25) is 0 Å². The van der Waals surface area contributed by atoms with E-state index in [4.69, 9.17) is 0 Å². The van der Waals surface area contributed by atoms with Crippen LogP contribution in [-0.2, 0) is 6.54 Å². The Labute approximate surface area is 152 Å². The lowest BCUT2D eigenvalue weighted by Crippen LogP contribution is -2.44. The van der Waals surface area contributed by atoms with Crippen molar-refractivity contribution < 1.29 is 9.90 Å². The Morgan fingerprint density at radius 3 is 2.69 bits per heavy atom. The molecule has 2 heterocycles. The number of amides is 1. The van der Waals surface area contributed by atoms with Crippen LogP contribution in [0.2, 0.25) is 0 Å². The number of hydrogen-bond donors (Lipinski definition) is 1. The van der Waals surface area contributed by atoms with Gasteiger partial charge in [0.05, 0.1) is 18.5 Å². The van der Waals surface area contributed by atoms with Gasteiger partial charge < -0.3 is 14.4 Å². The highest BCUT2D eigenvalue weighted by molar-refractivity contribution is 5.93. The Kier molecular flexibility index (Phi) is 4.47. The number of fused-ring (bicyclic) bond motifs is 1. The molecule has 0 bridgehead atoms. The second-order valence-electron chi connectivity index (χ2n) is 7.19. The predicted molar refractivity (Wildman–Crippen MR) is 99.8 cm³/mol. The summed E-state index contributed by atoms with van der Waals surface area (Å²) in [4.78, 5) is 19.3. The predicted octanol–water partition coefficient (Wildman–Crippen LogP) is 3.28. The number of nitrogens with zero attached hydrogens (tertiary/aromatic N) is 3. The van der Waals surface area contributed by atoms with Gasteiger partial charge in [0.25, 0.3) is 5.91 Å². The average Bonchev–Trinajstić information content (AvgIpc) is 3.30. The molecule has 1 aliphatic rings. The zero-order chi connectivity index (χ0) is 18.0. The molecule has 1 N–H and O–H groups in total. The minimum absolute atomic E-state index is 0.141. The fraction of sp³-hybridized carbons (Fsp3) is 0.333. The first kappa shape index (κ1) is 16.8. The standard InChI is InChI=1S/C21H23N3O2/c25-20(19-13-18-9-6-12-23(18)16-22-19)24(14-17-7-2-1-3-8-17)15-21(26)10-4-5-11-21/h1-3,6-9,12-13,16,26H,4-5,10-11,14-15H2. The summed E-state index contributed by atoms with van der Waals surface area (Å²) in [6.07, 6.45) is 7.08. The third-order valence-electron chi connectivity index (χ3n) is 5.16. The highest BCUT2D eigenvalue weighted by Crippen LogP contribution is 2.31. The first-order valence-corrected chi connectivity index (χ1v) is 9.11. The Hall–Kier alpha value is -2.66. The van der Waals surface area contributed by atoms with Crippen LogP contribution in [0.4, 0.5) is 0 Å². The van der Waals surface area contributed by atoms with Gasteiger partial charge in [-0.3, -0.25) is 4.79 Å². The summed E-state index contributed by atoms with van der Waals surface area (Å²) in [5.41, 5.74) is 1.60. The molecule has 1 fully saturated rings. The molecular formula is C21H23N3O2. The molecule has 1 aromatic carbocycles. The topological polar surface area (TPSA) is 57.8 Å². The van der Waals surface area contributed by atoms with Gasteiger partial charge in [-0.05, 0) is 36.6 Å². The lowest BCUT2D eigenvalue weighted by molar-refractivity contribution is 0.00764. The molecule has 0 aliphatic heterocycles. The van der Waals surface area contributed by atoms with Crippen molar-refractivity contribution in [2.45, 2.75) is 37.8 Å². The van der Waals surface area contributed by atoms with Crippen LogP contribution >= 0.6 is 0 Å². The zero-order valence-electron chi connectivity index (χ0n) is 14.7. The van der Waals surface area contributed by atoms with E-state index in [0.29, 0.717) is 18.8 Å². The van der Waals surface area contributed by atoms with Crippen LogP contribution in [-0.4, -0.2) is 37.4 Å². The molecule has 0 radical (unpaired) electrons. The van der Waals surface area contributed by atoms with Crippen molar-refractivity contribution in [2.75, 3.05) is 6.54 Å². The minimum Gasteiger partial charge on any atom is -0.388 e. The van der Waals surface area contributed by atoms with Gasteiger partial charge >= 0.3 is 0 Å². The van der Waals surface area contributed by atoms with E-state index in [0.717, 1.165) is 36.8 Å². The van der Waals surface area contributed by atoms with Crippen LogP contribution in [0.1, 0.15) is 41.7 Å². The minimum atomic E-state index is -0.788. The Balaban J connectivity index is 1.62. The fourth-order valence-electron chi connectivity index (χ4n) is 3.76. The molecule has 134 valence electrons. The van der Waals surface area contributed by atoms with Crippen molar-refractivity contribution in [3.05, 3.63) is 72.3 Å². The van der Waals surface area contributed by atoms with E-state index < -0.39 is 5.60 Å². The van der Waals surface area contributed by atoms with E-state index in [1.54, 1.807) is 17.3 Å². The van der Waals surface area contributed by atoms with Crippen LogP contribution in [0.5, 0.6) is 0 Å². The van der Waals surface area contributed by atoms with Crippen molar-refractivity contribution >= 4 is 11.4 Å². The molecule has 5 nitrogen and oxygen atoms in total. The molecule has 0 saturated heterocycles. The van der Waals surface area contributed by atoms with E-state index in [2.05, 4.69) is 4.98 Å². The molecule has 0 unspecified atom stereocenters. The fourth-order valence-corrected chi connectivity index (χ4v) is 3.76. The van der Waals surface area contributed by atoms with Crippen LogP contribution < -0.4 is 0 Å². The third-order valence-corrected chi connectivity index (χ3v) is 5.16. The van der Waals surface area contributed by atoms with Crippen LogP contribution in [0.15, 0.2) is 61.1 Å². The quantitative estimate of drug-likeness (QED) is 0.769. The molecule has 1 saturated carbocycles. The number of carbonyl (C=O) groups is 1. The van der Waals surface area contributed by atoms with Crippen molar-refractivity contribution in [3.63, 3.8) is 0 Å². The molecule has 0 atom stereocenters. The number of benzene rings is 1. The second-order valence-corrected chi connectivity index (χ2v) is 7.19. The summed E-state index contributed by atoms with van der Waals surface area (Å²) in [6.45, 7) is 0.810. The highest BCUT2D eigenvalue weighted by atomic mass is 16.3. The van der Waals surface area contributed by atoms with Crippen LogP contribution in [0.3, 0.4) is 0 Å². The van der Waals surface area contributed by atoms with E-state index in [-0.39, 0.29) is 5.91 Å². The summed E-state index contributed by atoms with van der Waals surface area (Å²) >= 11 is 0. The smallest absolute Gasteiger partial charge is 0.272 e. The summed E-state index contributed by atoms with van der Waals surface area (Å²) < 4.78 is 1.88. The molecule has 5 heteroatoms. The van der Waals surface area contributed by atoms with E-state index in [1.807, 2.05) is 53.1 Å². The van der Waals surface area contributed by atoms with Gasteiger partial charge in [-0.1, -0.05) is 43.2 Å². The van der Waals surface area contributed by atoms with Gasteiger partial charge in [-0.15, -0.1) is 0 Å². The first-order chi connectivity index (χ1) is 12.6. The lowest BCUT2D eigenvalue weighted by Gasteiger charge is -2.31. The number of hydrogen-bond acceptors (Lipinski definition) is 3. The largest absolute Gasteiger partial charge is 0.388 e. The van der Waals surface area contributed by atoms with Gasteiger partial charge in [0.1, 0.15) is 5.69 Å². The molecule has 26 heavy (non-hydrogen) atoms. The molecule has 4 rings (SSSR count). The summed E-state index contributed by atoms with van der Waals surface area (Å²) in [5, 5.41) is 10.9. The summed E-state index contributed by atoms with van der Waals surface area (Å²) in [6, 6.07) is 15.6. The summed E-state index contributed by atoms with van der Waals surface area (Å²) in [5.74, 6) is -0.141. The monoisotopic (exact) mass is 349 g/mol. The maximum Gasteiger partial charge on any atom is 0.272 e. The number of rotatable bonds is 5. The van der Waals surface area contributed by atoms with Gasteiger partial charge in [-0.2, -0.15) is 0 Å². The van der Waals surface area contributed by atoms with Crippen molar-refractivity contribution in [2.24, 2.45) is 0 Å². The number of carbonyl (C=O) groups excluding carboxylic acids is 1. The molecular weight excluding hydrogens is 326 g/mol. The number of aromatic nitrogens is 2. The van der Waals surface area contributed by atoms with E-state index in [9.17, 15) is 9.90 Å². The highest BCUT2D eigenvalue weighted by Gasteiger charge is 2.35. The van der Waals surface area contributed by atoms with Crippen molar-refractivity contribution in [3.8, 4) is 0 Å². The van der Waals surface area contributed by atoms with Gasteiger partial charge in [0, 0.05) is 18.3 Å². The second kappa shape index (κ2) is 6.92. The molecule has 3 aromatic rings. The maximum absolute atomic E-state index is 13.2. The maximum atomic E-state index is 13.2. The van der Waals surface area contributed by atoms with E-state index >= 15 is 0 Å². The van der Waals surface area contributed by atoms with Crippen LogP contribution in [0, 0.1) is 0 Å². The Morgan fingerprint density at radius 2 is 1.92 bits per heavy atom. The molecule has 0 spiro atoms. The number of aliphatic hydroxyl groups is 1. The summed E-state index contributed by atoms with van der Waals surface area (Å²) in [7, 11) is 0. The molecule has 1 aliphatic carbocycles. The lowest BCUT2D eigenvalue weighted by atomic mass is 10.0. The van der Waals surface area contributed by atoms with Gasteiger partial charge in [-0.25, -0.2) is 4.98 Å². The Morgan fingerprint density at radius 1 is 1.15 bits per heavy atom. The Bertz CT molecular complexity index is 898. The van der Waals surface area contributed by atoms with Crippen molar-refractivity contribution in [1.82, 2.24) is 14.3 Å². The van der Waals surface area contributed by atoms with E-state index in [1.165, 1.54) is 0 Å². The van der Waals surface area contributed by atoms with Crippen LogP contribution in [0.25, 0.3) is 5.52 Å². The zero-order valence-corrected chi connectivity index (χ0v) is 14.7. The third kappa shape index (κ3) is 3.48. The van der Waals surface area contributed by atoms with Crippen molar-refractivity contribution in [1.29, 1.82) is 0 Å². The average molecular weight is 349 g/mol.